The number of amides is 1. The number of furan rings is 1. The third-order valence-corrected chi connectivity index (χ3v) is 9.35. The summed E-state index contributed by atoms with van der Waals surface area (Å²) in [6.45, 7) is 5.04. The summed E-state index contributed by atoms with van der Waals surface area (Å²) in [5.41, 5.74) is -0.897. The standard InChI is InChI=1S/C21H27N3O6S2/c1-21(2)15-31(26,27)24(20(21)25)16-7-9-17(10-8-16)32(28,29)22-14-18(19-6-5-13-30-19)23-11-3-4-12-23/h5-10,13,18,22H,3-4,11-12,14-15H2,1-2H3. The summed E-state index contributed by atoms with van der Waals surface area (Å²) in [6.07, 6.45) is 3.68. The van der Waals surface area contributed by atoms with E-state index >= 15 is 0 Å². The van der Waals surface area contributed by atoms with E-state index in [0.29, 0.717) is 5.76 Å². The fraction of sp³-hybridized carbons (Fsp3) is 0.476. The first-order valence-electron chi connectivity index (χ1n) is 10.5. The van der Waals surface area contributed by atoms with Gasteiger partial charge in [-0.3, -0.25) is 9.69 Å². The second-order valence-corrected chi connectivity index (χ2v) is 12.4. The Bertz CT molecular complexity index is 1180. The minimum absolute atomic E-state index is 0.0100. The van der Waals surface area contributed by atoms with Crippen LogP contribution in [0.2, 0.25) is 0 Å². The van der Waals surface area contributed by atoms with Gasteiger partial charge in [-0.1, -0.05) is 0 Å². The summed E-state index contributed by atoms with van der Waals surface area (Å²) >= 11 is 0. The van der Waals surface area contributed by atoms with Crippen molar-refractivity contribution in [1.82, 2.24) is 9.62 Å². The molecule has 0 bridgehead atoms. The Morgan fingerprint density at radius 3 is 2.31 bits per heavy atom. The van der Waals surface area contributed by atoms with Crippen molar-refractivity contribution >= 4 is 31.6 Å². The second kappa shape index (κ2) is 8.29. The zero-order chi connectivity index (χ0) is 23.1. The highest BCUT2D eigenvalue weighted by Gasteiger charge is 2.49. The molecule has 2 aliphatic rings. The Kier molecular flexibility index (Phi) is 5.95. The van der Waals surface area contributed by atoms with Gasteiger partial charge >= 0.3 is 0 Å². The van der Waals surface area contributed by atoms with Gasteiger partial charge in [-0.15, -0.1) is 0 Å². The van der Waals surface area contributed by atoms with E-state index in [2.05, 4.69) is 9.62 Å². The summed E-state index contributed by atoms with van der Waals surface area (Å²) in [5, 5.41) is 0. The van der Waals surface area contributed by atoms with E-state index in [1.165, 1.54) is 24.3 Å². The number of nitrogens with zero attached hydrogens (tertiary/aromatic N) is 2. The van der Waals surface area contributed by atoms with Crippen molar-refractivity contribution in [3.63, 3.8) is 0 Å². The molecule has 0 aliphatic carbocycles. The molecule has 0 radical (unpaired) electrons. The smallest absolute Gasteiger partial charge is 0.247 e. The largest absolute Gasteiger partial charge is 0.468 e. The number of nitrogens with one attached hydrogen (secondary N) is 1. The number of hydrogen-bond donors (Lipinski definition) is 1. The number of rotatable bonds is 7. The van der Waals surface area contributed by atoms with Crippen LogP contribution in [0.3, 0.4) is 0 Å². The van der Waals surface area contributed by atoms with Crippen LogP contribution in [0.1, 0.15) is 38.5 Å². The van der Waals surface area contributed by atoms with Gasteiger partial charge in [0.25, 0.3) is 0 Å². The van der Waals surface area contributed by atoms with Gasteiger partial charge in [0.15, 0.2) is 0 Å². The fourth-order valence-corrected chi connectivity index (χ4v) is 7.38. The van der Waals surface area contributed by atoms with E-state index in [0.717, 1.165) is 30.2 Å². The van der Waals surface area contributed by atoms with Crippen molar-refractivity contribution in [2.24, 2.45) is 5.41 Å². The average Bonchev–Trinajstić information content (AvgIpc) is 3.44. The van der Waals surface area contributed by atoms with Gasteiger partial charge in [-0.05, 0) is 76.2 Å². The number of hydrogen-bond acceptors (Lipinski definition) is 7. The van der Waals surface area contributed by atoms with Gasteiger partial charge < -0.3 is 4.42 Å². The highest BCUT2D eigenvalue weighted by atomic mass is 32.2. The summed E-state index contributed by atoms with van der Waals surface area (Å²) in [4.78, 5) is 14.7. The van der Waals surface area contributed by atoms with Crippen molar-refractivity contribution in [1.29, 1.82) is 0 Å². The number of anilines is 1. The van der Waals surface area contributed by atoms with Crippen molar-refractivity contribution in [3.8, 4) is 0 Å². The molecule has 1 N–H and O–H groups in total. The molecule has 32 heavy (non-hydrogen) atoms. The van der Waals surface area contributed by atoms with Gasteiger partial charge in [-0.2, -0.15) is 0 Å². The molecule has 2 fully saturated rings. The Labute approximate surface area is 188 Å². The molecule has 2 saturated heterocycles. The number of likely N-dealkylation sites (tertiary alicyclic amines) is 1. The van der Waals surface area contributed by atoms with Crippen molar-refractivity contribution in [3.05, 3.63) is 48.4 Å². The molecule has 0 spiro atoms. The molecule has 4 rings (SSSR count). The van der Waals surface area contributed by atoms with Crippen LogP contribution in [0.5, 0.6) is 0 Å². The highest BCUT2D eigenvalue weighted by Crippen LogP contribution is 2.36. The predicted octanol–water partition coefficient (Wildman–Crippen LogP) is 2.10. The molecule has 1 unspecified atom stereocenters. The minimum Gasteiger partial charge on any atom is -0.468 e. The summed E-state index contributed by atoms with van der Waals surface area (Å²) in [6, 6.07) is 8.71. The molecular formula is C21H27N3O6S2. The average molecular weight is 482 g/mol. The summed E-state index contributed by atoms with van der Waals surface area (Å²) in [5.74, 6) is -0.117. The predicted molar refractivity (Wildman–Crippen MR) is 119 cm³/mol. The third-order valence-electron chi connectivity index (χ3n) is 5.89. The molecule has 1 aromatic carbocycles. The van der Waals surface area contributed by atoms with Crippen LogP contribution >= 0.6 is 0 Å². The first-order chi connectivity index (χ1) is 15.0. The molecule has 1 atom stereocenters. The molecular weight excluding hydrogens is 454 g/mol. The lowest BCUT2D eigenvalue weighted by Crippen LogP contribution is -2.36. The second-order valence-electron chi connectivity index (χ2n) is 8.83. The molecule has 2 aromatic rings. The number of sulfonamides is 2. The topological polar surface area (TPSA) is 117 Å². The van der Waals surface area contributed by atoms with Crippen LogP contribution in [-0.2, 0) is 24.8 Å². The van der Waals surface area contributed by atoms with E-state index in [-0.39, 0.29) is 28.9 Å². The summed E-state index contributed by atoms with van der Waals surface area (Å²) < 4.78 is 59.6. The molecule has 9 nitrogen and oxygen atoms in total. The van der Waals surface area contributed by atoms with Crippen LogP contribution in [0.4, 0.5) is 5.69 Å². The lowest BCUT2D eigenvalue weighted by molar-refractivity contribution is -0.123. The Hall–Kier alpha value is -2.21. The minimum atomic E-state index is -3.85. The Morgan fingerprint density at radius 1 is 1.12 bits per heavy atom. The van der Waals surface area contributed by atoms with Crippen molar-refractivity contribution < 1.29 is 26.0 Å². The Balaban J connectivity index is 1.51. The van der Waals surface area contributed by atoms with Crippen LogP contribution in [0.15, 0.2) is 52.0 Å². The van der Waals surface area contributed by atoms with Gasteiger partial charge in [0.2, 0.25) is 26.0 Å². The third kappa shape index (κ3) is 4.34. The van der Waals surface area contributed by atoms with E-state index in [9.17, 15) is 21.6 Å². The van der Waals surface area contributed by atoms with E-state index in [1.807, 2.05) is 6.07 Å². The van der Waals surface area contributed by atoms with Gasteiger partial charge in [-0.25, -0.2) is 25.9 Å². The number of carbonyl (C=O) groups is 1. The molecule has 11 heteroatoms. The Morgan fingerprint density at radius 2 is 1.78 bits per heavy atom. The van der Waals surface area contributed by atoms with Crippen molar-refractivity contribution in [2.45, 2.75) is 37.6 Å². The van der Waals surface area contributed by atoms with Crippen LogP contribution in [-0.4, -0.2) is 53.0 Å². The highest BCUT2D eigenvalue weighted by molar-refractivity contribution is 7.94. The molecule has 174 valence electrons. The van der Waals surface area contributed by atoms with Crippen LogP contribution < -0.4 is 9.03 Å². The normalized spacial score (nSPS) is 21.8. The van der Waals surface area contributed by atoms with E-state index < -0.39 is 31.4 Å². The SMILES string of the molecule is CC1(C)CS(=O)(=O)N(c2ccc(S(=O)(=O)NCC(c3ccco3)N3CCCC3)cc2)C1=O. The summed E-state index contributed by atoms with van der Waals surface area (Å²) in [7, 11) is -7.65. The van der Waals surface area contributed by atoms with E-state index in [1.54, 1.807) is 26.2 Å². The zero-order valence-corrected chi connectivity index (χ0v) is 19.7. The lowest BCUT2D eigenvalue weighted by Gasteiger charge is -2.26. The first kappa shape index (κ1) is 23.0. The van der Waals surface area contributed by atoms with Crippen molar-refractivity contribution in [2.75, 3.05) is 29.7 Å². The number of benzene rings is 1. The molecule has 1 aromatic heterocycles. The molecule has 0 saturated carbocycles. The van der Waals surface area contributed by atoms with Crippen LogP contribution in [0, 0.1) is 5.41 Å². The van der Waals surface area contributed by atoms with Gasteiger partial charge in [0, 0.05) is 6.54 Å². The zero-order valence-electron chi connectivity index (χ0n) is 18.0. The molecule has 1 amide bonds. The molecule has 3 heterocycles. The monoisotopic (exact) mass is 481 g/mol. The van der Waals surface area contributed by atoms with E-state index in [4.69, 9.17) is 4.42 Å². The molecule has 2 aliphatic heterocycles. The van der Waals surface area contributed by atoms with Crippen LogP contribution in [0.25, 0.3) is 0 Å². The number of carbonyl (C=O) groups excluding carboxylic acids is 1. The maximum Gasteiger partial charge on any atom is 0.247 e. The maximum absolute atomic E-state index is 12.9. The lowest BCUT2D eigenvalue weighted by atomic mass is 9.95. The maximum atomic E-state index is 12.9. The quantitative estimate of drug-likeness (QED) is 0.644. The fourth-order valence-electron chi connectivity index (χ4n) is 4.24. The van der Waals surface area contributed by atoms with Gasteiger partial charge in [0.05, 0.1) is 34.1 Å². The first-order valence-corrected chi connectivity index (χ1v) is 13.6. The van der Waals surface area contributed by atoms with Gasteiger partial charge in [0.1, 0.15) is 5.76 Å².